The molecule has 0 aliphatic carbocycles. The number of benzene rings is 2. The summed E-state index contributed by atoms with van der Waals surface area (Å²) in [5, 5.41) is 8.73. The molecule has 6 nitrogen and oxygen atoms in total. The number of piperidine rings is 1. The molecule has 170 valence electrons. The molecule has 0 unspecified atom stereocenters. The lowest BCUT2D eigenvalue weighted by atomic mass is 10.00. The Balaban J connectivity index is 1.54. The molecule has 0 spiro atoms. The summed E-state index contributed by atoms with van der Waals surface area (Å²) in [6.45, 7) is 4.09. The quantitative estimate of drug-likeness (QED) is 0.346. The number of halogens is 2. The minimum absolute atomic E-state index is 0.517. The molecule has 33 heavy (non-hydrogen) atoms. The zero-order chi connectivity index (χ0) is 22.8. The number of fused-ring (bicyclic) bond motifs is 1. The SMILES string of the molecule is CC1CCN(c2nc(Nc3ccc(SC(F)F)cc3)c3cnn(-c4ccccc4)c3n2)CC1. The van der Waals surface area contributed by atoms with Gasteiger partial charge in [-0.25, -0.2) is 4.68 Å². The highest BCUT2D eigenvalue weighted by Gasteiger charge is 2.21. The van der Waals surface area contributed by atoms with Crippen LogP contribution in [0.25, 0.3) is 16.7 Å². The lowest BCUT2D eigenvalue weighted by Crippen LogP contribution is -2.34. The van der Waals surface area contributed by atoms with Gasteiger partial charge in [-0.1, -0.05) is 36.9 Å². The third-order valence-electron chi connectivity index (χ3n) is 5.83. The number of alkyl halides is 2. The predicted molar refractivity (Wildman–Crippen MR) is 129 cm³/mol. The first-order valence-corrected chi connectivity index (χ1v) is 11.8. The van der Waals surface area contributed by atoms with Gasteiger partial charge >= 0.3 is 0 Å². The Hall–Kier alpha value is -3.20. The molecular weight excluding hydrogens is 442 g/mol. The zero-order valence-electron chi connectivity index (χ0n) is 18.2. The van der Waals surface area contributed by atoms with E-state index in [1.807, 2.05) is 35.0 Å². The van der Waals surface area contributed by atoms with E-state index in [1.54, 1.807) is 30.5 Å². The molecule has 0 atom stereocenters. The molecule has 9 heteroatoms. The molecule has 1 fully saturated rings. The van der Waals surface area contributed by atoms with Crippen molar-refractivity contribution in [2.75, 3.05) is 23.3 Å². The van der Waals surface area contributed by atoms with Gasteiger partial charge in [0.25, 0.3) is 5.76 Å². The number of nitrogens with one attached hydrogen (secondary N) is 1. The van der Waals surface area contributed by atoms with Gasteiger partial charge in [-0.2, -0.15) is 23.8 Å². The normalized spacial score (nSPS) is 14.8. The first kappa shape index (κ1) is 21.6. The maximum absolute atomic E-state index is 12.6. The molecule has 1 aliphatic heterocycles. The molecule has 0 radical (unpaired) electrons. The van der Waals surface area contributed by atoms with Crippen LogP contribution in [0.5, 0.6) is 0 Å². The monoisotopic (exact) mass is 466 g/mol. The van der Waals surface area contributed by atoms with E-state index in [1.165, 1.54) is 0 Å². The lowest BCUT2D eigenvalue weighted by Gasteiger charge is -2.30. The Kier molecular flexibility index (Phi) is 6.13. The minimum atomic E-state index is -2.44. The van der Waals surface area contributed by atoms with Crippen molar-refractivity contribution in [1.29, 1.82) is 0 Å². The maximum Gasteiger partial charge on any atom is 0.288 e. The second-order valence-corrected chi connectivity index (χ2v) is 9.26. The van der Waals surface area contributed by atoms with Crippen LogP contribution >= 0.6 is 11.8 Å². The first-order valence-electron chi connectivity index (χ1n) is 10.9. The number of aromatic nitrogens is 4. The fourth-order valence-electron chi connectivity index (χ4n) is 3.96. The average Bonchev–Trinajstić information content (AvgIpc) is 3.25. The predicted octanol–water partition coefficient (Wildman–Crippen LogP) is 6.11. The standard InChI is InChI=1S/C24H24F2N6S/c1-16-11-13-31(14-12-16)24-29-21(28-17-7-9-19(10-8-17)33-23(25)26)20-15-27-32(22(20)30-24)18-5-3-2-4-6-18/h2-10,15-16,23H,11-14H2,1H3,(H,28,29,30). The van der Waals surface area contributed by atoms with E-state index >= 15 is 0 Å². The third kappa shape index (κ3) is 4.78. The van der Waals surface area contributed by atoms with Gasteiger partial charge in [-0.05, 0) is 55.2 Å². The van der Waals surface area contributed by atoms with Gasteiger partial charge in [0.15, 0.2) is 5.65 Å². The van der Waals surface area contributed by atoms with E-state index in [4.69, 9.17) is 9.97 Å². The summed E-state index contributed by atoms with van der Waals surface area (Å²) < 4.78 is 27.1. The maximum atomic E-state index is 12.6. The lowest BCUT2D eigenvalue weighted by molar-refractivity contribution is 0.252. The van der Waals surface area contributed by atoms with Crippen molar-refractivity contribution in [3.8, 4) is 5.69 Å². The Morgan fingerprint density at radius 3 is 2.42 bits per heavy atom. The summed E-state index contributed by atoms with van der Waals surface area (Å²) in [5.41, 5.74) is 2.40. The van der Waals surface area contributed by atoms with Crippen molar-refractivity contribution >= 4 is 40.2 Å². The molecule has 0 amide bonds. The van der Waals surface area contributed by atoms with Crippen molar-refractivity contribution in [2.45, 2.75) is 30.4 Å². The summed E-state index contributed by atoms with van der Waals surface area (Å²) >= 11 is 0.532. The van der Waals surface area contributed by atoms with Crippen LogP contribution in [0.1, 0.15) is 19.8 Å². The van der Waals surface area contributed by atoms with Gasteiger partial charge in [0, 0.05) is 23.7 Å². The summed E-state index contributed by atoms with van der Waals surface area (Å²) in [4.78, 5) is 12.5. The van der Waals surface area contributed by atoms with Gasteiger partial charge in [-0.15, -0.1) is 0 Å². The van der Waals surface area contributed by atoms with Crippen LogP contribution in [-0.4, -0.2) is 38.6 Å². The van der Waals surface area contributed by atoms with Crippen molar-refractivity contribution in [3.63, 3.8) is 0 Å². The number of thioether (sulfide) groups is 1. The summed E-state index contributed by atoms with van der Waals surface area (Å²) in [5.74, 6) is -0.435. The van der Waals surface area contributed by atoms with Crippen LogP contribution in [-0.2, 0) is 0 Å². The molecule has 1 aliphatic rings. The Morgan fingerprint density at radius 1 is 1.00 bits per heavy atom. The van der Waals surface area contributed by atoms with E-state index in [0.29, 0.717) is 34.3 Å². The van der Waals surface area contributed by atoms with Gasteiger partial charge in [0.05, 0.1) is 17.3 Å². The largest absolute Gasteiger partial charge is 0.341 e. The van der Waals surface area contributed by atoms with E-state index in [0.717, 1.165) is 48.3 Å². The van der Waals surface area contributed by atoms with Gasteiger partial charge in [0.2, 0.25) is 5.95 Å². The number of anilines is 3. The van der Waals surface area contributed by atoms with Crippen LogP contribution in [0.15, 0.2) is 65.7 Å². The summed E-state index contributed by atoms with van der Waals surface area (Å²) in [6, 6.07) is 16.8. The van der Waals surface area contributed by atoms with Crippen LogP contribution in [0.2, 0.25) is 0 Å². The number of hydrogen-bond donors (Lipinski definition) is 1. The average molecular weight is 467 g/mol. The Bertz CT molecular complexity index is 1220. The molecule has 2 aromatic heterocycles. The van der Waals surface area contributed by atoms with Crippen LogP contribution in [0.3, 0.4) is 0 Å². The fourth-order valence-corrected chi connectivity index (χ4v) is 4.46. The summed E-state index contributed by atoms with van der Waals surface area (Å²) in [6.07, 6.45) is 3.96. The van der Waals surface area contributed by atoms with Gasteiger partial charge < -0.3 is 10.2 Å². The second-order valence-electron chi connectivity index (χ2n) is 8.20. The molecule has 0 saturated carbocycles. The van der Waals surface area contributed by atoms with Crippen LogP contribution in [0, 0.1) is 5.92 Å². The molecular formula is C24H24F2N6S. The van der Waals surface area contributed by atoms with Crippen molar-refractivity contribution in [2.24, 2.45) is 5.92 Å². The van der Waals surface area contributed by atoms with Crippen molar-refractivity contribution in [3.05, 3.63) is 60.8 Å². The van der Waals surface area contributed by atoms with E-state index in [-0.39, 0.29) is 0 Å². The molecule has 2 aromatic carbocycles. The topological polar surface area (TPSA) is 58.9 Å². The smallest absolute Gasteiger partial charge is 0.288 e. The summed E-state index contributed by atoms with van der Waals surface area (Å²) in [7, 11) is 0. The number of rotatable bonds is 6. The van der Waals surface area contributed by atoms with Crippen LogP contribution in [0.4, 0.5) is 26.2 Å². The molecule has 5 rings (SSSR count). The van der Waals surface area contributed by atoms with Crippen molar-refractivity contribution in [1.82, 2.24) is 19.7 Å². The number of para-hydroxylation sites is 1. The minimum Gasteiger partial charge on any atom is -0.341 e. The highest BCUT2D eigenvalue weighted by molar-refractivity contribution is 7.99. The molecule has 4 aromatic rings. The Morgan fingerprint density at radius 2 is 1.73 bits per heavy atom. The van der Waals surface area contributed by atoms with E-state index < -0.39 is 5.76 Å². The third-order valence-corrected chi connectivity index (χ3v) is 6.55. The molecule has 1 saturated heterocycles. The molecule has 0 bridgehead atoms. The van der Waals surface area contributed by atoms with E-state index in [2.05, 4.69) is 22.2 Å². The van der Waals surface area contributed by atoms with Gasteiger partial charge in [0.1, 0.15) is 5.82 Å². The van der Waals surface area contributed by atoms with E-state index in [9.17, 15) is 8.78 Å². The second kappa shape index (κ2) is 9.35. The fraction of sp³-hybridized carbons (Fsp3) is 0.292. The Labute approximate surface area is 195 Å². The first-order chi connectivity index (χ1) is 16.1. The van der Waals surface area contributed by atoms with Gasteiger partial charge in [-0.3, -0.25) is 0 Å². The highest BCUT2D eigenvalue weighted by atomic mass is 32.2. The number of hydrogen-bond acceptors (Lipinski definition) is 6. The highest BCUT2D eigenvalue weighted by Crippen LogP contribution is 2.31. The zero-order valence-corrected chi connectivity index (χ0v) is 19.0. The van der Waals surface area contributed by atoms with Crippen LogP contribution < -0.4 is 10.2 Å². The molecule has 1 N–H and O–H groups in total. The van der Waals surface area contributed by atoms with Crippen molar-refractivity contribution < 1.29 is 8.78 Å². The number of nitrogens with zero attached hydrogens (tertiary/aromatic N) is 5. The molecule has 3 heterocycles.